The summed E-state index contributed by atoms with van der Waals surface area (Å²) in [5.41, 5.74) is 5.56. The lowest BCUT2D eigenvalue weighted by molar-refractivity contribution is 0.608. The summed E-state index contributed by atoms with van der Waals surface area (Å²) in [7, 11) is 0. The van der Waals surface area contributed by atoms with Crippen LogP contribution in [0.1, 0.15) is 5.56 Å². The Bertz CT molecular complexity index is 239. The summed E-state index contributed by atoms with van der Waals surface area (Å²) >= 11 is 5.38. The second-order valence-electron chi connectivity index (χ2n) is 1.80. The molecule has 0 amide bonds. The van der Waals surface area contributed by atoms with Crippen LogP contribution < -0.4 is 5.73 Å². The Morgan fingerprint density at radius 3 is 2.90 bits per heavy atom. The zero-order valence-corrected chi connectivity index (χ0v) is 5.90. The molecule has 1 aromatic rings. The highest BCUT2D eigenvalue weighted by molar-refractivity contribution is 6.29. The number of pyridine rings is 1. The van der Waals surface area contributed by atoms with Crippen molar-refractivity contribution < 1.29 is 4.39 Å². The third kappa shape index (κ3) is 1.43. The molecule has 10 heavy (non-hydrogen) atoms. The number of rotatable bonds is 1. The third-order valence-corrected chi connectivity index (χ3v) is 1.32. The van der Waals surface area contributed by atoms with E-state index in [0.717, 1.165) is 6.07 Å². The second-order valence-corrected chi connectivity index (χ2v) is 2.19. The normalized spacial score (nSPS) is 9.90. The van der Waals surface area contributed by atoms with Crippen molar-refractivity contribution in [1.29, 1.82) is 0 Å². The minimum Gasteiger partial charge on any atom is -0.326 e. The Balaban J connectivity index is 3.07. The molecule has 0 aliphatic heterocycles. The van der Waals surface area contributed by atoms with Gasteiger partial charge in [-0.2, -0.15) is 0 Å². The Morgan fingerprint density at radius 1 is 1.70 bits per heavy atom. The number of halogens is 2. The molecule has 0 bridgehead atoms. The fraction of sp³-hybridized carbons (Fsp3) is 0.167. The first-order chi connectivity index (χ1) is 4.74. The van der Waals surface area contributed by atoms with Crippen LogP contribution in [0.3, 0.4) is 0 Å². The van der Waals surface area contributed by atoms with Crippen LogP contribution in [0.15, 0.2) is 12.3 Å². The van der Waals surface area contributed by atoms with Crippen molar-refractivity contribution in [2.45, 2.75) is 6.54 Å². The minimum atomic E-state index is -0.400. The largest absolute Gasteiger partial charge is 0.326 e. The van der Waals surface area contributed by atoms with Gasteiger partial charge in [-0.15, -0.1) is 0 Å². The molecule has 2 nitrogen and oxygen atoms in total. The number of nitrogens with zero attached hydrogens (tertiary/aromatic N) is 1. The van der Waals surface area contributed by atoms with Crippen molar-refractivity contribution in [1.82, 2.24) is 4.98 Å². The van der Waals surface area contributed by atoms with E-state index >= 15 is 0 Å². The summed E-state index contributed by atoms with van der Waals surface area (Å²) in [6.45, 7) is 0.149. The highest BCUT2D eigenvalue weighted by atomic mass is 35.5. The fourth-order valence-electron chi connectivity index (χ4n) is 0.586. The highest BCUT2D eigenvalue weighted by Crippen LogP contribution is 2.09. The van der Waals surface area contributed by atoms with E-state index in [2.05, 4.69) is 4.98 Å². The molecule has 0 radical (unpaired) electrons. The third-order valence-electron chi connectivity index (χ3n) is 1.12. The van der Waals surface area contributed by atoms with Crippen molar-refractivity contribution in [2.75, 3.05) is 0 Å². The molecule has 0 aliphatic rings. The highest BCUT2D eigenvalue weighted by Gasteiger charge is 1.99. The van der Waals surface area contributed by atoms with Gasteiger partial charge in [0.2, 0.25) is 0 Å². The summed E-state index contributed by atoms with van der Waals surface area (Å²) < 4.78 is 12.6. The summed E-state index contributed by atoms with van der Waals surface area (Å²) in [6, 6.07) is 1.14. The molecular weight excluding hydrogens is 155 g/mol. The molecule has 4 heteroatoms. The monoisotopic (exact) mass is 160 g/mol. The van der Waals surface area contributed by atoms with Gasteiger partial charge in [-0.25, -0.2) is 9.37 Å². The lowest BCUT2D eigenvalue weighted by atomic mass is 10.3. The fourth-order valence-corrected chi connectivity index (χ4v) is 0.731. The van der Waals surface area contributed by atoms with Crippen LogP contribution in [0.5, 0.6) is 0 Å². The lowest BCUT2D eigenvalue weighted by Crippen LogP contribution is -2.00. The van der Waals surface area contributed by atoms with Gasteiger partial charge >= 0.3 is 0 Å². The Kier molecular flexibility index (Phi) is 2.19. The SMILES string of the molecule is NCc1cnc(Cl)cc1F. The number of nitrogens with two attached hydrogens (primary N) is 1. The Labute approximate surface area is 62.8 Å². The number of hydrogen-bond acceptors (Lipinski definition) is 2. The topological polar surface area (TPSA) is 38.9 Å². The average Bonchev–Trinajstić information content (AvgIpc) is 1.88. The molecule has 1 aromatic heterocycles. The van der Waals surface area contributed by atoms with Crippen LogP contribution in [0, 0.1) is 5.82 Å². The molecule has 0 spiro atoms. The van der Waals surface area contributed by atoms with Gasteiger partial charge in [0.05, 0.1) is 0 Å². The first-order valence-corrected chi connectivity index (χ1v) is 3.12. The van der Waals surface area contributed by atoms with Crippen molar-refractivity contribution in [3.05, 3.63) is 28.8 Å². The van der Waals surface area contributed by atoms with Crippen molar-refractivity contribution >= 4 is 11.6 Å². The predicted octanol–water partition coefficient (Wildman–Crippen LogP) is 1.33. The zero-order valence-electron chi connectivity index (χ0n) is 5.14. The molecule has 0 unspecified atom stereocenters. The smallest absolute Gasteiger partial charge is 0.132 e. The van der Waals surface area contributed by atoms with E-state index in [1.165, 1.54) is 6.20 Å². The summed E-state index contributed by atoms with van der Waals surface area (Å²) in [5, 5.41) is 0.148. The first kappa shape index (κ1) is 7.44. The summed E-state index contributed by atoms with van der Waals surface area (Å²) in [5.74, 6) is -0.400. The Hall–Kier alpha value is -0.670. The first-order valence-electron chi connectivity index (χ1n) is 2.74. The molecule has 0 aliphatic carbocycles. The van der Waals surface area contributed by atoms with Crippen LogP contribution >= 0.6 is 11.6 Å². The van der Waals surface area contributed by atoms with Crippen LogP contribution in [-0.4, -0.2) is 4.98 Å². The van der Waals surface area contributed by atoms with E-state index in [9.17, 15) is 4.39 Å². The van der Waals surface area contributed by atoms with Gasteiger partial charge in [-0.3, -0.25) is 0 Å². The van der Waals surface area contributed by atoms with Gasteiger partial charge in [-0.05, 0) is 0 Å². The zero-order chi connectivity index (χ0) is 7.56. The summed E-state index contributed by atoms with van der Waals surface area (Å²) in [4.78, 5) is 3.66. The molecular formula is C6H6ClFN2. The molecule has 54 valence electrons. The predicted molar refractivity (Wildman–Crippen MR) is 37.1 cm³/mol. The molecule has 0 atom stereocenters. The minimum absolute atomic E-state index is 0.148. The maximum atomic E-state index is 12.6. The lowest BCUT2D eigenvalue weighted by Gasteiger charge is -1.96. The van der Waals surface area contributed by atoms with Crippen LogP contribution in [0.25, 0.3) is 0 Å². The van der Waals surface area contributed by atoms with E-state index in [1.54, 1.807) is 0 Å². The molecule has 0 saturated carbocycles. The van der Waals surface area contributed by atoms with E-state index in [-0.39, 0.29) is 11.7 Å². The van der Waals surface area contributed by atoms with Gasteiger partial charge in [-0.1, -0.05) is 11.6 Å². The van der Waals surface area contributed by atoms with E-state index in [1.807, 2.05) is 0 Å². The molecule has 2 N–H and O–H groups in total. The van der Waals surface area contributed by atoms with Crippen LogP contribution in [0.4, 0.5) is 4.39 Å². The summed E-state index contributed by atoms with van der Waals surface area (Å²) in [6.07, 6.45) is 1.33. The maximum Gasteiger partial charge on any atom is 0.132 e. The van der Waals surface area contributed by atoms with E-state index in [0.29, 0.717) is 5.56 Å². The van der Waals surface area contributed by atoms with E-state index in [4.69, 9.17) is 17.3 Å². The Morgan fingerprint density at radius 2 is 2.40 bits per heavy atom. The number of aromatic nitrogens is 1. The van der Waals surface area contributed by atoms with E-state index < -0.39 is 5.82 Å². The van der Waals surface area contributed by atoms with Crippen molar-refractivity contribution in [3.8, 4) is 0 Å². The van der Waals surface area contributed by atoms with Crippen molar-refractivity contribution in [3.63, 3.8) is 0 Å². The molecule has 0 aromatic carbocycles. The van der Waals surface area contributed by atoms with Gasteiger partial charge in [0, 0.05) is 24.4 Å². The molecule has 1 heterocycles. The van der Waals surface area contributed by atoms with Gasteiger partial charge in [0.15, 0.2) is 0 Å². The van der Waals surface area contributed by atoms with Gasteiger partial charge < -0.3 is 5.73 Å². The number of hydrogen-bond donors (Lipinski definition) is 1. The molecule has 0 fully saturated rings. The van der Waals surface area contributed by atoms with Crippen molar-refractivity contribution in [2.24, 2.45) is 5.73 Å². The van der Waals surface area contributed by atoms with Crippen LogP contribution in [-0.2, 0) is 6.54 Å². The van der Waals surface area contributed by atoms with Gasteiger partial charge in [0.25, 0.3) is 0 Å². The van der Waals surface area contributed by atoms with Crippen LogP contribution in [0.2, 0.25) is 5.15 Å². The second kappa shape index (κ2) is 2.94. The molecule has 0 saturated heterocycles. The average molecular weight is 161 g/mol. The molecule has 1 rings (SSSR count). The quantitative estimate of drug-likeness (QED) is 0.630. The standard InChI is InChI=1S/C6H6ClFN2/c7-6-1-5(8)4(2-9)3-10-6/h1,3H,2,9H2. The van der Waals surface area contributed by atoms with Gasteiger partial charge in [0.1, 0.15) is 11.0 Å². The maximum absolute atomic E-state index is 12.6.